The van der Waals surface area contributed by atoms with Crippen molar-refractivity contribution >= 4 is 26.0 Å². The standard InChI is InChI=1S/C15H17N3O3Si/c19-15(20)22-10-11-2-3-13-12(8-11)9-16-14(17-13)21-7-6-18-4-1-5-18/h2-3,8-9H,1,4-7,10H2,(H,19,20). The van der Waals surface area contributed by atoms with Crippen LogP contribution in [0.5, 0.6) is 6.01 Å². The van der Waals surface area contributed by atoms with Crippen LogP contribution in [-0.4, -0.2) is 61.3 Å². The first-order valence-corrected chi connectivity index (χ1v) is 8.49. The van der Waals surface area contributed by atoms with Gasteiger partial charge in [0, 0.05) is 18.1 Å². The van der Waals surface area contributed by atoms with Gasteiger partial charge in [0.05, 0.1) is 5.52 Å². The van der Waals surface area contributed by atoms with Crippen molar-refractivity contribution in [1.29, 1.82) is 0 Å². The first-order valence-electron chi connectivity index (χ1n) is 7.28. The first kappa shape index (κ1) is 14.9. The molecule has 1 aliphatic rings. The molecule has 1 aromatic heterocycles. The third kappa shape index (κ3) is 3.80. The molecule has 2 aromatic rings. The van der Waals surface area contributed by atoms with E-state index in [0.717, 1.165) is 36.1 Å². The fraction of sp³-hybridized carbons (Fsp3) is 0.400. The minimum Gasteiger partial charge on any atom is -0.486 e. The Morgan fingerprint density at radius 1 is 1.41 bits per heavy atom. The molecule has 22 heavy (non-hydrogen) atoms. The zero-order valence-corrected chi connectivity index (χ0v) is 13.2. The lowest BCUT2D eigenvalue weighted by Gasteiger charge is -2.30. The van der Waals surface area contributed by atoms with Gasteiger partial charge in [-0.2, -0.15) is 4.98 Å². The van der Waals surface area contributed by atoms with Crippen LogP contribution in [0.1, 0.15) is 12.0 Å². The average Bonchev–Trinajstić information content (AvgIpc) is 2.47. The molecule has 114 valence electrons. The third-order valence-corrected chi connectivity index (χ3v) is 4.54. The van der Waals surface area contributed by atoms with E-state index >= 15 is 0 Å². The maximum atomic E-state index is 10.6. The molecule has 1 fully saturated rings. The van der Waals surface area contributed by atoms with Crippen molar-refractivity contribution in [1.82, 2.24) is 14.9 Å². The number of benzene rings is 1. The Labute approximate surface area is 131 Å². The van der Waals surface area contributed by atoms with Crippen LogP contribution in [0.2, 0.25) is 0 Å². The first-order chi connectivity index (χ1) is 10.7. The van der Waals surface area contributed by atoms with Crippen molar-refractivity contribution < 1.29 is 14.6 Å². The monoisotopic (exact) mass is 315 g/mol. The van der Waals surface area contributed by atoms with Gasteiger partial charge in [-0.3, -0.25) is 9.69 Å². The molecule has 7 heteroatoms. The number of carboxylic acid groups (broad SMARTS) is 1. The summed E-state index contributed by atoms with van der Waals surface area (Å²) in [4.78, 5) is 21.6. The van der Waals surface area contributed by atoms with Gasteiger partial charge >= 0.3 is 6.01 Å². The molecule has 0 spiro atoms. The molecule has 0 saturated carbocycles. The van der Waals surface area contributed by atoms with Crippen LogP contribution < -0.4 is 4.74 Å². The lowest BCUT2D eigenvalue weighted by Crippen LogP contribution is -2.39. The predicted molar refractivity (Wildman–Crippen MR) is 83.6 cm³/mol. The average molecular weight is 315 g/mol. The summed E-state index contributed by atoms with van der Waals surface area (Å²) in [6.45, 7) is 3.82. The number of likely N-dealkylation sites (tertiary alicyclic amines) is 1. The van der Waals surface area contributed by atoms with Crippen LogP contribution >= 0.6 is 0 Å². The molecule has 1 aromatic carbocycles. The highest BCUT2D eigenvalue weighted by Gasteiger charge is 2.13. The Morgan fingerprint density at radius 2 is 2.27 bits per heavy atom. The zero-order chi connectivity index (χ0) is 15.4. The van der Waals surface area contributed by atoms with E-state index in [1.165, 1.54) is 6.42 Å². The topological polar surface area (TPSA) is 75.6 Å². The summed E-state index contributed by atoms with van der Waals surface area (Å²) in [6.07, 6.45) is 3.01. The minimum absolute atomic E-state index is 0.116. The third-order valence-electron chi connectivity index (χ3n) is 3.65. The Balaban J connectivity index is 1.62. The van der Waals surface area contributed by atoms with Crippen LogP contribution in [-0.2, 0) is 6.04 Å². The second-order valence-corrected chi connectivity index (χ2v) is 6.38. The molecule has 1 aliphatic heterocycles. The van der Waals surface area contributed by atoms with Gasteiger partial charge in [0.25, 0.3) is 5.59 Å². The molecule has 2 radical (unpaired) electrons. The molecule has 3 rings (SSSR count). The number of nitrogens with zero attached hydrogens (tertiary/aromatic N) is 3. The van der Waals surface area contributed by atoms with Gasteiger partial charge in [0.15, 0.2) is 9.52 Å². The highest BCUT2D eigenvalue weighted by atomic mass is 28.2. The van der Waals surface area contributed by atoms with Crippen molar-refractivity contribution in [3.8, 4) is 6.01 Å². The number of fused-ring (bicyclic) bond motifs is 1. The summed E-state index contributed by atoms with van der Waals surface area (Å²) < 4.78 is 5.59. The SMILES string of the molecule is O=C(O)[Si]Cc1ccc2nc(OCCN3CCC3)ncc2c1. The number of ether oxygens (including phenoxy) is 1. The lowest BCUT2D eigenvalue weighted by atomic mass is 10.2. The van der Waals surface area contributed by atoms with E-state index in [1.54, 1.807) is 6.20 Å². The smallest absolute Gasteiger partial charge is 0.316 e. The number of hydrogen-bond donors (Lipinski definition) is 1. The largest absolute Gasteiger partial charge is 0.486 e. The van der Waals surface area contributed by atoms with Crippen molar-refractivity contribution in [2.45, 2.75) is 12.5 Å². The summed E-state index contributed by atoms with van der Waals surface area (Å²) >= 11 is 0. The predicted octanol–water partition coefficient (Wildman–Crippen LogP) is 1.60. The highest BCUT2D eigenvalue weighted by Crippen LogP contribution is 2.16. The lowest BCUT2D eigenvalue weighted by molar-refractivity contribution is 0.143. The van der Waals surface area contributed by atoms with Gasteiger partial charge in [-0.1, -0.05) is 6.07 Å². The molecule has 0 bridgehead atoms. The van der Waals surface area contributed by atoms with Gasteiger partial charge in [0.2, 0.25) is 0 Å². The molecule has 0 atom stereocenters. The van der Waals surface area contributed by atoms with E-state index in [9.17, 15) is 4.79 Å². The quantitative estimate of drug-likeness (QED) is 0.782. The van der Waals surface area contributed by atoms with Crippen LogP contribution in [0.15, 0.2) is 24.4 Å². The Morgan fingerprint density at radius 3 is 3.00 bits per heavy atom. The summed E-state index contributed by atoms with van der Waals surface area (Å²) in [5.41, 5.74) is 1.04. The highest BCUT2D eigenvalue weighted by molar-refractivity contribution is 6.71. The van der Waals surface area contributed by atoms with E-state index in [2.05, 4.69) is 14.9 Å². The number of rotatable bonds is 7. The molecule has 1 N–H and O–H groups in total. The number of carbonyl (C=O) groups is 1. The van der Waals surface area contributed by atoms with E-state index in [-0.39, 0.29) is 9.52 Å². The summed E-state index contributed by atoms with van der Waals surface area (Å²) in [7, 11) is -0.116. The molecular formula is C15H17N3O3Si. The normalized spacial score (nSPS) is 14.7. The minimum atomic E-state index is -0.762. The molecule has 1 saturated heterocycles. The maximum absolute atomic E-state index is 10.6. The van der Waals surface area contributed by atoms with E-state index in [0.29, 0.717) is 18.7 Å². The van der Waals surface area contributed by atoms with Crippen LogP contribution in [0.25, 0.3) is 10.9 Å². The summed E-state index contributed by atoms with van der Waals surface area (Å²) in [5, 5.41) is 9.64. The van der Waals surface area contributed by atoms with Gasteiger partial charge in [-0.25, -0.2) is 4.98 Å². The van der Waals surface area contributed by atoms with Gasteiger partial charge in [-0.05, 0) is 43.3 Å². The zero-order valence-electron chi connectivity index (χ0n) is 12.2. The molecular weight excluding hydrogens is 298 g/mol. The van der Waals surface area contributed by atoms with Crippen molar-refractivity contribution in [3.63, 3.8) is 0 Å². The van der Waals surface area contributed by atoms with Crippen LogP contribution in [0.4, 0.5) is 4.79 Å². The van der Waals surface area contributed by atoms with E-state index < -0.39 is 5.59 Å². The Hall–Kier alpha value is -1.99. The number of aromatic nitrogens is 2. The fourth-order valence-corrected chi connectivity index (χ4v) is 2.87. The molecule has 2 heterocycles. The Kier molecular flexibility index (Phi) is 4.64. The van der Waals surface area contributed by atoms with Gasteiger partial charge in [-0.15, -0.1) is 0 Å². The van der Waals surface area contributed by atoms with E-state index in [4.69, 9.17) is 9.84 Å². The summed E-state index contributed by atoms with van der Waals surface area (Å²) in [5.74, 6) is 0. The van der Waals surface area contributed by atoms with Gasteiger partial charge in [0.1, 0.15) is 6.61 Å². The second-order valence-electron chi connectivity index (χ2n) is 5.25. The van der Waals surface area contributed by atoms with Crippen LogP contribution in [0, 0.1) is 0 Å². The maximum Gasteiger partial charge on any atom is 0.316 e. The Bertz CT molecular complexity index is 676. The van der Waals surface area contributed by atoms with E-state index in [1.807, 2.05) is 18.2 Å². The van der Waals surface area contributed by atoms with Crippen LogP contribution in [0.3, 0.4) is 0 Å². The molecule has 6 nitrogen and oxygen atoms in total. The number of hydrogen-bond acceptors (Lipinski definition) is 5. The van der Waals surface area contributed by atoms with Crippen molar-refractivity contribution in [2.24, 2.45) is 0 Å². The second kappa shape index (κ2) is 6.84. The van der Waals surface area contributed by atoms with Gasteiger partial charge < -0.3 is 9.84 Å². The molecule has 0 aliphatic carbocycles. The van der Waals surface area contributed by atoms with Crippen molar-refractivity contribution in [2.75, 3.05) is 26.2 Å². The molecule has 0 unspecified atom stereocenters. The summed E-state index contributed by atoms with van der Waals surface area (Å²) in [6, 6.07) is 6.68. The van der Waals surface area contributed by atoms with Crippen molar-refractivity contribution in [3.05, 3.63) is 30.0 Å². The fourth-order valence-electron chi connectivity index (χ4n) is 2.29. The molecule has 0 amide bonds.